The maximum atomic E-state index is 12.5. The second-order valence-electron chi connectivity index (χ2n) is 5.24. The molecule has 7 nitrogen and oxygen atoms in total. The van der Waals surface area contributed by atoms with Gasteiger partial charge in [0.25, 0.3) is 5.91 Å². The van der Waals surface area contributed by atoms with Crippen molar-refractivity contribution in [1.82, 2.24) is 10.6 Å². The first kappa shape index (κ1) is 20.5. The Balaban J connectivity index is 2.31. The number of hydrogen-bond donors (Lipinski definition) is 2. The molecular weight excluding hydrogens is 395 g/mol. The van der Waals surface area contributed by atoms with Gasteiger partial charge in [-0.15, -0.1) is 0 Å². The molecule has 0 heterocycles. The summed E-state index contributed by atoms with van der Waals surface area (Å²) in [5.41, 5.74) is 0.414. The van der Waals surface area contributed by atoms with Gasteiger partial charge in [0.1, 0.15) is 0 Å². The predicted molar refractivity (Wildman–Crippen MR) is 100 cm³/mol. The van der Waals surface area contributed by atoms with Crippen molar-refractivity contribution >= 4 is 41.1 Å². The van der Waals surface area contributed by atoms with Gasteiger partial charge in [0.15, 0.2) is 5.75 Å². The maximum Gasteiger partial charge on any atom is 0.339 e. The van der Waals surface area contributed by atoms with Crippen molar-refractivity contribution in [2.24, 2.45) is 0 Å². The van der Waals surface area contributed by atoms with Crippen LogP contribution in [0.4, 0.5) is 4.79 Å². The topological polar surface area (TPSA) is 93.7 Å². The monoisotopic (exact) mass is 410 g/mol. The Labute approximate surface area is 165 Å². The Kier molecular flexibility index (Phi) is 7.04. The number of methoxy groups -OCH3 is 1. The van der Waals surface area contributed by atoms with E-state index in [1.165, 1.54) is 26.3 Å². The summed E-state index contributed by atoms with van der Waals surface area (Å²) in [6, 6.07) is 10.2. The molecule has 0 radical (unpaired) electrons. The van der Waals surface area contributed by atoms with Gasteiger partial charge in [0.05, 0.1) is 22.7 Å². The number of hydrogen-bond acceptors (Lipinski definition) is 5. The number of amides is 3. The van der Waals surface area contributed by atoms with Gasteiger partial charge in [-0.05, 0) is 12.1 Å². The summed E-state index contributed by atoms with van der Waals surface area (Å²) in [6.07, 6.45) is -1.35. The summed E-state index contributed by atoms with van der Waals surface area (Å²) >= 11 is 12.1. The lowest BCUT2D eigenvalue weighted by Gasteiger charge is -2.18. The molecule has 0 bridgehead atoms. The molecule has 2 aromatic carbocycles. The number of halogens is 2. The zero-order chi connectivity index (χ0) is 20.0. The Bertz CT molecular complexity index is 835. The van der Waals surface area contributed by atoms with E-state index in [0.29, 0.717) is 5.56 Å². The Morgan fingerprint density at radius 3 is 2.15 bits per heavy atom. The second kappa shape index (κ2) is 9.25. The summed E-state index contributed by atoms with van der Waals surface area (Å²) in [4.78, 5) is 36.4. The van der Waals surface area contributed by atoms with Gasteiger partial charge in [0.2, 0.25) is 6.10 Å². The van der Waals surface area contributed by atoms with E-state index in [1.807, 2.05) is 0 Å². The third kappa shape index (κ3) is 5.12. The summed E-state index contributed by atoms with van der Waals surface area (Å²) in [5, 5.41) is 4.57. The number of carbonyl (C=O) groups is 3. The first-order chi connectivity index (χ1) is 12.9. The zero-order valence-electron chi connectivity index (χ0n) is 14.4. The van der Waals surface area contributed by atoms with E-state index in [4.69, 9.17) is 32.7 Å². The van der Waals surface area contributed by atoms with Crippen molar-refractivity contribution in [2.75, 3.05) is 14.2 Å². The molecule has 2 N–H and O–H groups in total. The van der Waals surface area contributed by atoms with Crippen LogP contribution in [0.2, 0.25) is 10.0 Å². The quantitative estimate of drug-likeness (QED) is 0.736. The van der Waals surface area contributed by atoms with Crippen LogP contribution in [0.25, 0.3) is 0 Å². The molecule has 0 unspecified atom stereocenters. The molecule has 0 aromatic heterocycles. The molecule has 0 saturated heterocycles. The molecule has 2 rings (SSSR count). The average molecular weight is 411 g/mol. The number of nitrogens with one attached hydrogen (secondary N) is 2. The molecule has 0 spiro atoms. The van der Waals surface area contributed by atoms with Gasteiger partial charge in [-0.25, -0.2) is 9.59 Å². The van der Waals surface area contributed by atoms with Crippen molar-refractivity contribution in [3.8, 4) is 5.75 Å². The highest BCUT2D eigenvalue weighted by Gasteiger charge is 2.27. The van der Waals surface area contributed by atoms with E-state index < -0.39 is 24.0 Å². The fraction of sp³-hybridized carbons (Fsp3) is 0.167. The summed E-state index contributed by atoms with van der Waals surface area (Å²) in [5.74, 6) is -1.44. The highest BCUT2D eigenvalue weighted by molar-refractivity contribution is 6.37. The Morgan fingerprint density at radius 2 is 1.63 bits per heavy atom. The minimum Gasteiger partial charge on any atom is -0.494 e. The largest absolute Gasteiger partial charge is 0.494 e. The third-order valence-corrected chi connectivity index (χ3v) is 4.03. The molecule has 0 aliphatic carbocycles. The number of ether oxygens (including phenoxy) is 2. The van der Waals surface area contributed by atoms with Crippen LogP contribution in [-0.4, -0.2) is 32.1 Å². The van der Waals surface area contributed by atoms with E-state index in [9.17, 15) is 14.4 Å². The van der Waals surface area contributed by atoms with Crippen molar-refractivity contribution in [3.05, 3.63) is 63.6 Å². The molecular formula is C18H16Cl2N2O5. The van der Waals surface area contributed by atoms with Gasteiger partial charge < -0.3 is 14.8 Å². The van der Waals surface area contributed by atoms with Gasteiger partial charge in [0, 0.05) is 12.6 Å². The number of benzene rings is 2. The van der Waals surface area contributed by atoms with Crippen LogP contribution >= 0.6 is 23.2 Å². The lowest BCUT2D eigenvalue weighted by Crippen LogP contribution is -2.41. The lowest BCUT2D eigenvalue weighted by atomic mass is 10.1. The fourth-order valence-corrected chi connectivity index (χ4v) is 2.83. The summed E-state index contributed by atoms with van der Waals surface area (Å²) in [6.45, 7) is 0. The SMILES string of the molecule is CNC(=O)NC(=O)[C@H](OC(=O)c1cc(Cl)c(OC)c(Cl)c1)c1ccccc1. The first-order valence-electron chi connectivity index (χ1n) is 7.69. The van der Waals surface area contributed by atoms with Crippen LogP contribution < -0.4 is 15.4 Å². The molecule has 0 fully saturated rings. The standard InChI is InChI=1S/C18H16Cl2N2O5/c1-21-18(25)22-16(23)14(10-6-4-3-5-7-10)27-17(24)11-8-12(19)15(26-2)13(20)9-11/h3-9,14H,1-2H3,(H2,21,22,23,25)/t14-/m1/s1. The summed E-state index contributed by atoms with van der Waals surface area (Å²) in [7, 11) is 2.74. The smallest absolute Gasteiger partial charge is 0.339 e. The third-order valence-electron chi connectivity index (χ3n) is 3.47. The molecule has 142 valence electrons. The molecule has 27 heavy (non-hydrogen) atoms. The van der Waals surface area contributed by atoms with Crippen LogP contribution in [0.1, 0.15) is 22.0 Å². The van der Waals surface area contributed by atoms with Crippen molar-refractivity contribution in [1.29, 1.82) is 0 Å². The van der Waals surface area contributed by atoms with Crippen molar-refractivity contribution < 1.29 is 23.9 Å². The fourth-order valence-electron chi connectivity index (χ4n) is 2.19. The first-order valence-corrected chi connectivity index (χ1v) is 8.44. The van der Waals surface area contributed by atoms with Crippen LogP contribution in [0.3, 0.4) is 0 Å². The number of imide groups is 1. The van der Waals surface area contributed by atoms with Crippen LogP contribution in [-0.2, 0) is 9.53 Å². The minimum atomic E-state index is -1.35. The molecule has 0 aliphatic heterocycles. The lowest BCUT2D eigenvalue weighted by molar-refractivity contribution is -0.129. The average Bonchev–Trinajstić information content (AvgIpc) is 2.66. The molecule has 0 aliphatic rings. The van der Waals surface area contributed by atoms with E-state index >= 15 is 0 Å². The van der Waals surface area contributed by atoms with Gasteiger partial charge in [-0.3, -0.25) is 10.1 Å². The van der Waals surface area contributed by atoms with Crippen LogP contribution in [0.15, 0.2) is 42.5 Å². The number of urea groups is 1. The summed E-state index contributed by atoms with van der Waals surface area (Å²) < 4.78 is 10.4. The van der Waals surface area contributed by atoms with E-state index in [1.54, 1.807) is 30.3 Å². The van der Waals surface area contributed by atoms with E-state index in [-0.39, 0.29) is 21.4 Å². The molecule has 1 atom stereocenters. The molecule has 9 heteroatoms. The number of rotatable bonds is 5. The highest BCUT2D eigenvalue weighted by atomic mass is 35.5. The highest BCUT2D eigenvalue weighted by Crippen LogP contribution is 2.34. The van der Waals surface area contributed by atoms with Gasteiger partial charge in [-0.2, -0.15) is 0 Å². The maximum absolute atomic E-state index is 12.5. The van der Waals surface area contributed by atoms with Crippen molar-refractivity contribution in [2.45, 2.75) is 6.10 Å². The van der Waals surface area contributed by atoms with Crippen molar-refractivity contribution in [3.63, 3.8) is 0 Å². The normalized spacial score (nSPS) is 11.3. The van der Waals surface area contributed by atoms with Crippen LogP contribution in [0, 0.1) is 0 Å². The van der Waals surface area contributed by atoms with Crippen LogP contribution in [0.5, 0.6) is 5.75 Å². The van der Waals surface area contributed by atoms with Gasteiger partial charge >= 0.3 is 12.0 Å². The predicted octanol–water partition coefficient (Wildman–Crippen LogP) is 3.36. The van der Waals surface area contributed by atoms with Gasteiger partial charge in [-0.1, -0.05) is 53.5 Å². The van der Waals surface area contributed by atoms with E-state index in [0.717, 1.165) is 0 Å². The molecule has 0 saturated carbocycles. The molecule has 3 amide bonds. The van der Waals surface area contributed by atoms with E-state index in [2.05, 4.69) is 10.6 Å². The number of esters is 1. The number of carbonyl (C=O) groups excluding carboxylic acids is 3. The Hall–Kier alpha value is -2.77. The minimum absolute atomic E-state index is 0.0273. The Morgan fingerprint density at radius 1 is 1.04 bits per heavy atom. The molecule has 2 aromatic rings. The second-order valence-corrected chi connectivity index (χ2v) is 6.05. The zero-order valence-corrected chi connectivity index (χ0v) is 15.9.